The minimum absolute atomic E-state index is 0.153. The Kier molecular flexibility index (Phi) is 4.59. The molecular formula is C22H20N4O5. The summed E-state index contributed by atoms with van der Waals surface area (Å²) in [4.78, 5) is 22.5. The second kappa shape index (κ2) is 7.44. The van der Waals surface area contributed by atoms with Crippen molar-refractivity contribution in [3.05, 3.63) is 48.0 Å². The number of nitrogens with two attached hydrogens (primary N) is 1. The number of hydrogen-bond acceptors (Lipinski definition) is 8. The van der Waals surface area contributed by atoms with E-state index in [2.05, 4.69) is 4.98 Å². The molecule has 0 aliphatic carbocycles. The lowest BCUT2D eigenvalue weighted by atomic mass is 10.2. The van der Waals surface area contributed by atoms with Crippen LogP contribution in [0.1, 0.15) is 17.3 Å². The standard InChI is InChI=1S/C22H20N4O5/c1-12(10-28-2)31-22(27)18-19-21(25-15-6-4-3-5-14(15)24-19)26(20(18)23)13-7-8-16-17(9-13)30-11-29-16/h3-9,12H,10-11,23H2,1-2H3. The van der Waals surface area contributed by atoms with Crippen molar-refractivity contribution in [1.29, 1.82) is 0 Å². The molecule has 2 aromatic heterocycles. The van der Waals surface area contributed by atoms with Crippen LogP contribution in [0.25, 0.3) is 27.9 Å². The third kappa shape index (κ3) is 3.19. The van der Waals surface area contributed by atoms with Gasteiger partial charge in [-0.2, -0.15) is 0 Å². The average Bonchev–Trinajstić information content (AvgIpc) is 3.32. The highest BCUT2D eigenvalue weighted by Crippen LogP contribution is 2.37. The predicted molar refractivity (Wildman–Crippen MR) is 114 cm³/mol. The fraction of sp³-hybridized carbons (Fsp3) is 0.227. The van der Waals surface area contributed by atoms with Gasteiger partial charge in [-0.25, -0.2) is 14.8 Å². The lowest BCUT2D eigenvalue weighted by molar-refractivity contribution is 0.0123. The van der Waals surface area contributed by atoms with Crippen LogP contribution in [0.5, 0.6) is 11.5 Å². The monoisotopic (exact) mass is 420 g/mol. The van der Waals surface area contributed by atoms with E-state index in [1.165, 1.54) is 0 Å². The number of nitrogens with zero attached hydrogens (tertiary/aromatic N) is 3. The molecule has 1 unspecified atom stereocenters. The summed E-state index contributed by atoms with van der Waals surface area (Å²) in [5, 5.41) is 0. The highest BCUT2D eigenvalue weighted by molar-refractivity contribution is 6.09. The summed E-state index contributed by atoms with van der Waals surface area (Å²) in [7, 11) is 1.54. The Balaban J connectivity index is 1.74. The first-order valence-corrected chi connectivity index (χ1v) is 9.73. The Morgan fingerprint density at radius 3 is 2.68 bits per heavy atom. The molecule has 4 aromatic rings. The van der Waals surface area contributed by atoms with Gasteiger partial charge in [-0.3, -0.25) is 4.57 Å². The predicted octanol–water partition coefficient (Wildman–Crippen LogP) is 3.08. The van der Waals surface area contributed by atoms with Crippen LogP contribution in [0.2, 0.25) is 0 Å². The number of aromatic nitrogens is 3. The average molecular weight is 420 g/mol. The number of anilines is 1. The Bertz CT molecular complexity index is 1320. The van der Waals surface area contributed by atoms with E-state index in [0.717, 1.165) is 0 Å². The van der Waals surface area contributed by atoms with Crippen molar-refractivity contribution in [1.82, 2.24) is 14.5 Å². The van der Waals surface area contributed by atoms with Crippen LogP contribution in [-0.4, -0.2) is 47.1 Å². The summed E-state index contributed by atoms with van der Waals surface area (Å²) in [5.41, 5.74) is 9.46. The van der Waals surface area contributed by atoms with Crippen LogP contribution in [0.3, 0.4) is 0 Å². The van der Waals surface area contributed by atoms with Gasteiger partial charge >= 0.3 is 5.97 Å². The molecule has 31 heavy (non-hydrogen) atoms. The van der Waals surface area contributed by atoms with Crippen molar-refractivity contribution in [2.75, 3.05) is 26.2 Å². The van der Waals surface area contributed by atoms with Crippen LogP contribution in [-0.2, 0) is 9.47 Å². The molecular weight excluding hydrogens is 400 g/mol. The maximum absolute atomic E-state index is 13.0. The number of benzene rings is 2. The molecule has 1 atom stereocenters. The van der Waals surface area contributed by atoms with Gasteiger partial charge in [-0.1, -0.05) is 12.1 Å². The zero-order valence-corrected chi connectivity index (χ0v) is 17.0. The Hall–Kier alpha value is -3.85. The first-order valence-electron chi connectivity index (χ1n) is 9.73. The molecule has 9 nitrogen and oxygen atoms in total. The van der Waals surface area contributed by atoms with E-state index in [0.29, 0.717) is 39.4 Å². The molecule has 2 aromatic carbocycles. The van der Waals surface area contributed by atoms with Gasteiger partial charge in [-0.05, 0) is 31.2 Å². The lowest BCUT2D eigenvalue weighted by Crippen LogP contribution is -2.20. The van der Waals surface area contributed by atoms with E-state index < -0.39 is 12.1 Å². The second-order valence-electron chi connectivity index (χ2n) is 7.19. The SMILES string of the molecule is COCC(C)OC(=O)c1c(N)n(-c2ccc3c(c2)OCO3)c2nc3ccccc3nc12. The smallest absolute Gasteiger partial charge is 0.344 e. The maximum Gasteiger partial charge on any atom is 0.344 e. The molecule has 2 N–H and O–H groups in total. The normalized spacial score (nSPS) is 13.6. The van der Waals surface area contributed by atoms with E-state index in [1.807, 2.05) is 30.3 Å². The lowest BCUT2D eigenvalue weighted by Gasteiger charge is -2.12. The van der Waals surface area contributed by atoms with Crippen molar-refractivity contribution < 1.29 is 23.7 Å². The Morgan fingerprint density at radius 2 is 1.90 bits per heavy atom. The zero-order valence-electron chi connectivity index (χ0n) is 17.0. The summed E-state index contributed by atoms with van der Waals surface area (Å²) >= 11 is 0. The van der Waals surface area contributed by atoms with Crippen molar-refractivity contribution in [2.24, 2.45) is 0 Å². The fourth-order valence-corrected chi connectivity index (χ4v) is 3.66. The van der Waals surface area contributed by atoms with Crippen LogP contribution in [0.15, 0.2) is 42.5 Å². The number of para-hydroxylation sites is 2. The third-order valence-electron chi connectivity index (χ3n) is 5.03. The topological polar surface area (TPSA) is 111 Å². The minimum atomic E-state index is -0.587. The van der Waals surface area contributed by atoms with Gasteiger partial charge in [0.2, 0.25) is 6.79 Å². The zero-order chi connectivity index (χ0) is 21.5. The van der Waals surface area contributed by atoms with Crippen molar-refractivity contribution in [3.63, 3.8) is 0 Å². The molecule has 0 saturated carbocycles. The third-order valence-corrected chi connectivity index (χ3v) is 5.03. The van der Waals surface area contributed by atoms with Crippen LogP contribution < -0.4 is 15.2 Å². The number of ether oxygens (including phenoxy) is 4. The largest absolute Gasteiger partial charge is 0.456 e. The van der Waals surface area contributed by atoms with Gasteiger partial charge in [0.1, 0.15) is 23.0 Å². The molecule has 3 heterocycles. The van der Waals surface area contributed by atoms with E-state index >= 15 is 0 Å². The van der Waals surface area contributed by atoms with Gasteiger partial charge in [-0.15, -0.1) is 0 Å². The van der Waals surface area contributed by atoms with Crippen molar-refractivity contribution in [2.45, 2.75) is 13.0 Å². The number of hydrogen-bond donors (Lipinski definition) is 1. The van der Waals surface area contributed by atoms with Gasteiger partial charge < -0.3 is 24.7 Å². The molecule has 5 rings (SSSR count). The van der Waals surface area contributed by atoms with Crippen LogP contribution in [0, 0.1) is 0 Å². The molecule has 158 valence electrons. The number of fused-ring (bicyclic) bond motifs is 3. The van der Waals surface area contributed by atoms with Gasteiger partial charge in [0.05, 0.1) is 23.3 Å². The first kappa shape index (κ1) is 19.1. The second-order valence-corrected chi connectivity index (χ2v) is 7.19. The van der Waals surface area contributed by atoms with Crippen LogP contribution >= 0.6 is 0 Å². The molecule has 1 aliphatic rings. The summed E-state index contributed by atoms with van der Waals surface area (Å²) in [6.45, 7) is 2.16. The molecule has 9 heteroatoms. The van der Waals surface area contributed by atoms with Crippen molar-refractivity contribution >= 4 is 34.0 Å². The number of methoxy groups -OCH3 is 1. The molecule has 0 bridgehead atoms. The van der Waals surface area contributed by atoms with Gasteiger partial charge in [0.25, 0.3) is 0 Å². The van der Waals surface area contributed by atoms with Crippen molar-refractivity contribution in [3.8, 4) is 17.2 Å². The number of esters is 1. The van der Waals surface area contributed by atoms with Gasteiger partial charge in [0.15, 0.2) is 17.1 Å². The molecule has 1 aliphatic heterocycles. The Labute approximate surface area is 177 Å². The summed E-state index contributed by atoms with van der Waals surface area (Å²) in [6.07, 6.45) is -0.450. The molecule has 0 spiro atoms. The maximum atomic E-state index is 13.0. The Morgan fingerprint density at radius 1 is 1.16 bits per heavy atom. The van der Waals surface area contributed by atoms with E-state index in [1.54, 1.807) is 30.7 Å². The minimum Gasteiger partial charge on any atom is -0.456 e. The molecule has 0 radical (unpaired) electrons. The summed E-state index contributed by atoms with van der Waals surface area (Å²) in [5.74, 6) is 0.823. The number of rotatable bonds is 5. The summed E-state index contributed by atoms with van der Waals surface area (Å²) < 4.78 is 23.2. The van der Waals surface area contributed by atoms with E-state index in [4.69, 9.17) is 29.7 Å². The number of nitrogen functional groups attached to an aromatic ring is 1. The van der Waals surface area contributed by atoms with Crippen LogP contribution in [0.4, 0.5) is 5.82 Å². The highest BCUT2D eigenvalue weighted by Gasteiger charge is 2.27. The molecule has 0 amide bonds. The quantitative estimate of drug-likeness (QED) is 0.491. The van der Waals surface area contributed by atoms with E-state index in [9.17, 15) is 4.79 Å². The first-order chi connectivity index (χ1) is 15.1. The molecule has 0 fully saturated rings. The summed E-state index contributed by atoms with van der Waals surface area (Å²) in [6, 6.07) is 12.8. The van der Waals surface area contributed by atoms with E-state index in [-0.39, 0.29) is 24.8 Å². The highest BCUT2D eigenvalue weighted by atomic mass is 16.7. The fourth-order valence-electron chi connectivity index (χ4n) is 3.66. The number of carbonyl (C=O) groups excluding carboxylic acids is 1. The number of carbonyl (C=O) groups is 1. The molecule has 0 saturated heterocycles. The van der Waals surface area contributed by atoms with Gasteiger partial charge in [0, 0.05) is 13.2 Å².